The lowest BCUT2D eigenvalue weighted by atomic mass is 10.2. The molecule has 0 aliphatic heterocycles. The first-order chi connectivity index (χ1) is 12.4. The molecule has 0 atom stereocenters. The maximum Gasteiger partial charge on any atom is 0.218 e. The van der Waals surface area contributed by atoms with E-state index in [-0.39, 0.29) is 10.0 Å². The highest BCUT2D eigenvalue weighted by atomic mass is 32.2. The molecule has 0 bridgehead atoms. The van der Waals surface area contributed by atoms with E-state index in [4.69, 9.17) is 17.0 Å². The number of nitrogens with zero attached hydrogens (tertiary/aromatic N) is 1. The molecule has 2 rings (SSSR count). The molecule has 26 heavy (non-hydrogen) atoms. The fraction of sp³-hybridized carbons (Fsp3) is 0.111. The number of aryl methyl sites for hydroxylation is 1. The second-order valence-corrected chi connectivity index (χ2v) is 7.56. The minimum absolute atomic E-state index is 0.0429. The number of anilines is 1. The quantitative estimate of drug-likeness (QED) is 0.601. The monoisotopic (exact) mass is 387 g/mol. The molecule has 134 valence electrons. The Morgan fingerprint density at radius 1 is 1.19 bits per heavy atom. The van der Waals surface area contributed by atoms with Crippen LogP contribution in [-0.4, -0.2) is 20.6 Å². The molecule has 2 aromatic rings. The van der Waals surface area contributed by atoms with Crippen molar-refractivity contribution in [1.29, 1.82) is 5.26 Å². The lowest BCUT2D eigenvalue weighted by Crippen LogP contribution is -2.25. The molecule has 0 aliphatic carbocycles. The van der Waals surface area contributed by atoms with E-state index < -0.39 is 14.7 Å². The normalized spacial score (nSPS) is 11.3. The van der Waals surface area contributed by atoms with Gasteiger partial charge in [-0.3, -0.25) is 0 Å². The summed E-state index contributed by atoms with van der Waals surface area (Å²) in [7, 11) is -2.40. The molecule has 8 heteroatoms. The Bertz CT molecular complexity index is 975. The molecule has 6 nitrogen and oxygen atoms in total. The molecule has 0 aromatic heterocycles. The van der Waals surface area contributed by atoms with Crippen molar-refractivity contribution >= 4 is 32.9 Å². The average molecular weight is 387 g/mol. The number of para-hydroxylation sites is 2. The fourth-order valence-corrected chi connectivity index (χ4v) is 3.30. The van der Waals surface area contributed by atoms with Crippen molar-refractivity contribution in [2.75, 3.05) is 12.4 Å². The van der Waals surface area contributed by atoms with E-state index in [2.05, 4.69) is 10.6 Å². The predicted octanol–water partition coefficient (Wildman–Crippen LogP) is 3.13. The van der Waals surface area contributed by atoms with E-state index >= 15 is 0 Å². The van der Waals surface area contributed by atoms with Crippen molar-refractivity contribution in [1.82, 2.24) is 5.32 Å². The van der Waals surface area contributed by atoms with E-state index in [1.54, 1.807) is 36.4 Å². The minimum atomic E-state index is -3.92. The largest absolute Gasteiger partial charge is 0.495 e. The van der Waals surface area contributed by atoms with Crippen LogP contribution in [-0.2, 0) is 9.84 Å². The highest BCUT2D eigenvalue weighted by molar-refractivity contribution is 7.95. The predicted molar refractivity (Wildman–Crippen MR) is 104 cm³/mol. The standard InChI is InChI=1S/C18H17N3O3S2/c1-13-7-9-14(10-8-13)26(22,23)15(11-19)12-20-18(25)21-16-5-3-4-6-17(16)24-2/h3-10,12H,1-2H3,(H2,20,21,25). The zero-order chi connectivity index (χ0) is 19.2. The van der Waals surface area contributed by atoms with Gasteiger partial charge in [-0.25, -0.2) is 8.42 Å². The third-order valence-corrected chi connectivity index (χ3v) is 5.32. The van der Waals surface area contributed by atoms with Crippen molar-refractivity contribution in [2.24, 2.45) is 0 Å². The molecule has 0 amide bonds. The van der Waals surface area contributed by atoms with E-state index in [0.29, 0.717) is 11.4 Å². The van der Waals surface area contributed by atoms with Gasteiger partial charge in [0, 0.05) is 6.20 Å². The molecule has 0 aliphatic rings. The first-order valence-corrected chi connectivity index (χ1v) is 9.40. The Morgan fingerprint density at radius 3 is 2.46 bits per heavy atom. The summed E-state index contributed by atoms with van der Waals surface area (Å²) >= 11 is 5.14. The van der Waals surface area contributed by atoms with Gasteiger partial charge in [-0.15, -0.1) is 0 Å². The first-order valence-electron chi connectivity index (χ1n) is 7.51. The third-order valence-electron chi connectivity index (χ3n) is 3.42. The van der Waals surface area contributed by atoms with Crippen LogP contribution in [0.2, 0.25) is 0 Å². The summed E-state index contributed by atoms with van der Waals surface area (Å²) in [6.07, 6.45) is 1.07. The number of nitriles is 1. The van der Waals surface area contributed by atoms with Crippen LogP contribution in [0.3, 0.4) is 0 Å². The van der Waals surface area contributed by atoms with Crippen molar-refractivity contribution in [2.45, 2.75) is 11.8 Å². The van der Waals surface area contributed by atoms with Crippen LogP contribution < -0.4 is 15.4 Å². The Kier molecular flexibility index (Phi) is 6.33. The van der Waals surface area contributed by atoms with Gasteiger partial charge in [-0.2, -0.15) is 5.26 Å². The molecule has 0 saturated carbocycles. The Morgan fingerprint density at radius 2 is 1.85 bits per heavy atom. The molecule has 0 radical (unpaired) electrons. The second-order valence-electron chi connectivity index (χ2n) is 5.24. The van der Waals surface area contributed by atoms with Crippen LogP contribution in [0.4, 0.5) is 5.69 Å². The van der Waals surface area contributed by atoms with E-state index in [0.717, 1.165) is 11.8 Å². The maximum absolute atomic E-state index is 12.5. The molecule has 2 aromatic carbocycles. The van der Waals surface area contributed by atoms with Crippen molar-refractivity contribution in [3.63, 3.8) is 0 Å². The van der Waals surface area contributed by atoms with Crippen LogP contribution in [0.25, 0.3) is 0 Å². The van der Waals surface area contributed by atoms with Gasteiger partial charge < -0.3 is 15.4 Å². The molecule has 0 saturated heterocycles. The lowest BCUT2D eigenvalue weighted by Gasteiger charge is -2.11. The molecule has 0 spiro atoms. The Labute approximate surface area is 158 Å². The van der Waals surface area contributed by atoms with Gasteiger partial charge in [0.2, 0.25) is 9.84 Å². The number of allylic oxidation sites excluding steroid dienone is 1. The molecular formula is C18H17N3O3S2. The summed E-state index contributed by atoms with van der Waals surface area (Å²) in [4.78, 5) is -0.396. The summed E-state index contributed by atoms with van der Waals surface area (Å²) in [6, 6.07) is 15.1. The van der Waals surface area contributed by atoms with Crippen molar-refractivity contribution in [3.05, 3.63) is 65.2 Å². The van der Waals surface area contributed by atoms with Crippen LogP contribution in [0.1, 0.15) is 5.56 Å². The lowest BCUT2D eigenvalue weighted by molar-refractivity contribution is 0.417. The summed E-state index contributed by atoms with van der Waals surface area (Å²) in [6.45, 7) is 1.85. The van der Waals surface area contributed by atoms with Gasteiger partial charge in [-0.05, 0) is 43.4 Å². The third kappa shape index (κ3) is 4.59. The number of thiocarbonyl (C=S) groups is 1. The van der Waals surface area contributed by atoms with Gasteiger partial charge in [0.1, 0.15) is 11.8 Å². The number of rotatable bonds is 5. The molecule has 0 unspecified atom stereocenters. The highest BCUT2D eigenvalue weighted by Gasteiger charge is 2.20. The first kappa shape index (κ1) is 19.4. The van der Waals surface area contributed by atoms with Gasteiger partial charge >= 0.3 is 0 Å². The van der Waals surface area contributed by atoms with Gasteiger partial charge in [0.25, 0.3) is 0 Å². The molecule has 2 N–H and O–H groups in total. The zero-order valence-corrected chi connectivity index (χ0v) is 15.8. The van der Waals surface area contributed by atoms with E-state index in [9.17, 15) is 13.7 Å². The topological polar surface area (TPSA) is 91.2 Å². The van der Waals surface area contributed by atoms with Crippen LogP contribution >= 0.6 is 12.2 Å². The number of benzene rings is 2. The Hall–Kier alpha value is -2.89. The zero-order valence-electron chi connectivity index (χ0n) is 14.2. The van der Waals surface area contributed by atoms with Gasteiger partial charge in [-0.1, -0.05) is 29.8 Å². The minimum Gasteiger partial charge on any atom is -0.495 e. The van der Waals surface area contributed by atoms with Crippen molar-refractivity contribution in [3.8, 4) is 11.8 Å². The fourth-order valence-electron chi connectivity index (χ4n) is 2.05. The van der Waals surface area contributed by atoms with E-state index in [1.165, 1.54) is 19.2 Å². The van der Waals surface area contributed by atoms with Gasteiger partial charge in [0.15, 0.2) is 10.0 Å². The summed E-state index contributed by atoms with van der Waals surface area (Å²) in [5.41, 5.74) is 1.53. The van der Waals surface area contributed by atoms with Crippen molar-refractivity contribution < 1.29 is 13.2 Å². The Balaban J connectivity index is 2.17. The van der Waals surface area contributed by atoms with E-state index in [1.807, 2.05) is 13.0 Å². The smallest absolute Gasteiger partial charge is 0.218 e. The molecular weight excluding hydrogens is 370 g/mol. The summed E-state index contributed by atoms with van der Waals surface area (Å²) < 4.78 is 30.3. The number of sulfone groups is 1. The molecule has 0 fully saturated rings. The van der Waals surface area contributed by atoms with Crippen LogP contribution in [0.15, 0.2) is 64.5 Å². The number of hydrogen-bond donors (Lipinski definition) is 2. The average Bonchev–Trinajstić information content (AvgIpc) is 2.63. The van der Waals surface area contributed by atoms with Crippen LogP contribution in [0, 0.1) is 18.3 Å². The number of ether oxygens (including phenoxy) is 1. The maximum atomic E-state index is 12.5. The van der Waals surface area contributed by atoms with Crippen LogP contribution in [0.5, 0.6) is 5.75 Å². The number of nitrogens with one attached hydrogen (secondary N) is 2. The highest BCUT2D eigenvalue weighted by Crippen LogP contribution is 2.23. The number of methoxy groups -OCH3 is 1. The summed E-state index contributed by atoms with van der Waals surface area (Å²) in [5.74, 6) is 0.577. The SMILES string of the molecule is COc1ccccc1NC(=S)NC=C(C#N)S(=O)(=O)c1ccc(C)cc1. The second kappa shape index (κ2) is 8.47. The summed E-state index contributed by atoms with van der Waals surface area (Å²) in [5, 5.41) is 14.9. The number of hydrogen-bond acceptors (Lipinski definition) is 5. The van der Waals surface area contributed by atoms with Gasteiger partial charge in [0.05, 0.1) is 17.7 Å². The molecule has 0 heterocycles.